The van der Waals surface area contributed by atoms with Crippen LogP contribution >= 0.6 is 11.8 Å². The molecule has 2 heterocycles. The molecule has 2 aromatic heterocycles. The third-order valence-corrected chi connectivity index (χ3v) is 5.88. The SMILES string of the molecule is O=C(CSc1ccncc1)Nc1cccc(S(=O)(=O)NCc2ccco2)c1. The molecule has 2 N–H and O–H groups in total. The van der Waals surface area contributed by atoms with Crippen molar-refractivity contribution in [3.8, 4) is 0 Å². The molecule has 7 nitrogen and oxygen atoms in total. The summed E-state index contributed by atoms with van der Waals surface area (Å²) >= 11 is 1.37. The van der Waals surface area contributed by atoms with Gasteiger partial charge in [-0.25, -0.2) is 13.1 Å². The largest absolute Gasteiger partial charge is 0.468 e. The second-order valence-electron chi connectivity index (χ2n) is 5.45. The van der Waals surface area contributed by atoms with Gasteiger partial charge in [0.05, 0.1) is 23.5 Å². The number of anilines is 1. The predicted molar refractivity (Wildman–Crippen MR) is 103 cm³/mol. The number of benzene rings is 1. The molecule has 1 aromatic carbocycles. The normalized spacial score (nSPS) is 11.3. The first-order valence-electron chi connectivity index (χ1n) is 7.98. The van der Waals surface area contributed by atoms with Crippen LogP contribution in [0.15, 0.2) is 81.4 Å². The summed E-state index contributed by atoms with van der Waals surface area (Å²) in [5, 5.41) is 2.71. The van der Waals surface area contributed by atoms with Crippen molar-refractivity contribution < 1.29 is 17.6 Å². The molecule has 3 aromatic rings. The molecule has 0 aliphatic carbocycles. The first-order chi connectivity index (χ1) is 13.0. The number of hydrogen-bond acceptors (Lipinski definition) is 6. The lowest BCUT2D eigenvalue weighted by atomic mass is 10.3. The van der Waals surface area contributed by atoms with Crippen LogP contribution in [0, 0.1) is 0 Å². The van der Waals surface area contributed by atoms with Gasteiger partial charge in [0, 0.05) is 23.0 Å². The van der Waals surface area contributed by atoms with Crippen molar-refractivity contribution in [2.75, 3.05) is 11.1 Å². The van der Waals surface area contributed by atoms with Gasteiger partial charge >= 0.3 is 0 Å². The Kier molecular flexibility index (Phi) is 6.28. The van der Waals surface area contributed by atoms with Gasteiger partial charge in [0.1, 0.15) is 5.76 Å². The Labute approximate surface area is 161 Å². The molecule has 0 saturated carbocycles. The fraction of sp³-hybridized carbons (Fsp3) is 0.111. The number of amides is 1. The van der Waals surface area contributed by atoms with E-state index in [2.05, 4.69) is 15.0 Å². The molecule has 3 rings (SSSR count). The number of carbonyl (C=O) groups excluding carboxylic acids is 1. The highest BCUT2D eigenvalue weighted by Gasteiger charge is 2.15. The molecule has 0 aliphatic rings. The van der Waals surface area contributed by atoms with Gasteiger partial charge < -0.3 is 9.73 Å². The molecule has 1 amide bonds. The van der Waals surface area contributed by atoms with E-state index >= 15 is 0 Å². The van der Waals surface area contributed by atoms with Gasteiger partial charge in [-0.3, -0.25) is 9.78 Å². The van der Waals surface area contributed by atoms with Gasteiger partial charge in [0.25, 0.3) is 0 Å². The minimum absolute atomic E-state index is 0.0501. The topological polar surface area (TPSA) is 101 Å². The van der Waals surface area contributed by atoms with Gasteiger partial charge in [-0.1, -0.05) is 6.07 Å². The lowest BCUT2D eigenvalue weighted by Gasteiger charge is -2.09. The van der Waals surface area contributed by atoms with Crippen LogP contribution in [0.3, 0.4) is 0 Å². The van der Waals surface area contributed by atoms with Crippen LogP contribution in [0.2, 0.25) is 0 Å². The van der Waals surface area contributed by atoms with Crippen molar-refractivity contribution in [1.29, 1.82) is 0 Å². The van der Waals surface area contributed by atoms with Gasteiger partial charge in [-0.05, 0) is 42.5 Å². The average Bonchev–Trinajstić information content (AvgIpc) is 3.20. The molecule has 0 aliphatic heterocycles. The average molecular weight is 403 g/mol. The maximum atomic E-state index is 12.4. The van der Waals surface area contributed by atoms with Crippen molar-refractivity contribution in [1.82, 2.24) is 9.71 Å². The first-order valence-corrected chi connectivity index (χ1v) is 10.4. The minimum atomic E-state index is -3.72. The third-order valence-electron chi connectivity index (χ3n) is 3.46. The highest BCUT2D eigenvalue weighted by atomic mass is 32.2. The van der Waals surface area contributed by atoms with Crippen molar-refractivity contribution in [3.63, 3.8) is 0 Å². The summed E-state index contributed by atoms with van der Waals surface area (Å²) in [6.07, 6.45) is 4.79. The van der Waals surface area contributed by atoms with Gasteiger partial charge in [-0.2, -0.15) is 0 Å². The van der Waals surface area contributed by atoms with Crippen molar-refractivity contribution in [2.24, 2.45) is 0 Å². The number of sulfonamides is 1. The van der Waals surface area contributed by atoms with E-state index in [0.717, 1.165) is 4.90 Å². The van der Waals surface area contributed by atoms with E-state index in [0.29, 0.717) is 11.4 Å². The van der Waals surface area contributed by atoms with Crippen molar-refractivity contribution >= 4 is 33.4 Å². The third kappa shape index (κ3) is 5.68. The molecule has 0 fully saturated rings. The lowest BCUT2D eigenvalue weighted by Crippen LogP contribution is -2.23. The predicted octanol–water partition coefficient (Wildman–Crippen LogP) is 2.88. The standard InChI is InChI=1S/C18H17N3O4S2/c22-18(13-26-16-6-8-19-9-7-16)21-14-3-1-5-17(11-14)27(23,24)20-12-15-4-2-10-25-15/h1-11,20H,12-13H2,(H,21,22). The Morgan fingerprint density at radius 2 is 1.93 bits per heavy atom. The van der Waals surface area contributed by atoms with E-state index in [1.165, 1.54) is 30.2 Å². The van der Waals surface area contributed by atoms with E-state index in [4.69, 9.17) is 4.42 Å². The van der Waals surface area contributed by atoms with E-state index in [1.54, 1.807) is 36.7 Å². The van der Waals surface area contributed by atoms with E-state index in [1.807, 2.05) is 12.1 Å². The maximum absolute atomic E-state index is 12.4. The summed E-state index contributed by atoms with van der Waals surface area (Å²) in [6, 6.07) is 13.1. The van der Waals surface area contributed by atoms with E-state index in [9.17, 15) is 13.2 Å². The van der Waals surface area contributed by atoms with Crippen LogP contribution in [-0.2, 0) is 21.4 Å². The molecule has 9 heteroatoms. The molecule has 0 bridgehead atoms. The summed E-state index contributed by atoms with van der Waals surface area (Å²) in [7, 11) is -3.72. The monoisotopic (exact) mass is 403 g/mol. The zero-order valence-electron chi connectivity index (χ0n) is 14.2. The second-order valence-corrected chi connectivity index (χ2v) is 8.27. The summed E-state index contributed by atoms with van der Waals surface area (Å²) < 4.78 is 32.4. The van der Waals surface area contributed by atoms with Crippen LogP contribution in [0.1, 0.15) is 5.76 Å². The molecule has 0 spiro atoms. The zero-order chi connectivity index (χ0) is 19.1. The van der Waals surface area contributed by atoms with Gasteiger partial charge in [0.15, 0.2) is 0 Å². The number of nitrogens with one attached hydrogen (secondary N) is 2. The number of aromatic nitrogens is 1. The molecule has 0 radical (unpaired) electrons. The summed E-state index contributed by atoms with van der Waals surface area (Å²) in [5.41, 5.74) is 0.413. The number of hydrogen-bond donors (Lipinski definition) is 2. The number of nitrogens with zero attached hydrogens (tertiary/aromatic N) is 1. The minimum Gasteiger partial charge on any atom is -0.468 e. The van der Waals surface area contributed by atoms with Crippen LogP contribution in [0.4, 0.5) is 5.69 Å². The van der Waals surface area contributed by atoms with Crippen LogP contribution in [0.25, 0.3) is 0 Å². The summed E-state index contributed by atoms with van der Waals surface area (Å²) in [4.78, 5) is 17.0. The Bertz CT molecular complexity index is 990. The number of carbonyl (C=O) groups is 1. The molecular weight excluding hydrogens is 386 g/mol. The Balaban J connectivity index is 1.60. The number of furan rings is 1. The Morgan fingerprint density at radius 1 is 1.11 bits per heavy atom. The molecular formula is C18H17N3O4S2. The second kappa shape index (κ2) is 8.85. The highest BCUT2D eigenvalue weighted by molar-refractivity contribution is 8.00. The maximum Gasteiger partial charge on any atom is 0.241 e. The molecule has 0 atom stereocenters. The van der Waals surface area contributed by atoms with Crippen molar-refractivity contribution in [2.45, 2.75) is 16.3 Å². The molecule has 0 unspecified atom stereocenters. The number of rotatable bonds is 8. The van der Waals surface area contributed by atoms with E-state index in [-0.39, 0.29) is 23.1 Å². The van der Waals surface area contributed by atoms with Crippen LogP contribution < -0.4 is 10.0 Å². The highest BCUT2D eigenvalue weighted by Crippen LogP contribution is 2.19. The summed E-state index contributed by atoms with van der Waals surface area (Å²) in [5.74, 6) is 0.489. The smallest absolute Gasteiger partial charge is 0.241 e. The van der Waals surface area contributed by atoms with Gasteiger partial charge in [-0.15, -0.1) is 11.8 Å². The molecule has 27 heavy (non-hydrogen) atoms. The van der Waals surface area contributed by atoms with Crippen molar-refractivity contribution in [3.05, 3.63) is 72.9 Å². The Morgan fingerprint density at radius 3 is 2.67 bits per heavy atom. The van der Waals surface area contributed by atoms with Crippen LogP contribution in [0.5, 0.6) is 0 Å². The molecule has 0 saturated heterocycles. The zero-order valence-corrected chi connectivity index (χ0v) is 15.8. The fourth-order valence-corrected chi connectivity index (χ4v) is 3.91. The van der Waals surface area contributed by atoms with Crippen LogP contribution in [-0.4, -0.2) is 25.1 Å². The fourth-order valence-electron chi connectivity index (χ4n) is 2.18. The number of pyridine rings is 1. The van der Waals surface area contributed by atoms with E-state index < -0.39 is 10.0 Å². The van der Waals surface area contributed by atoms with Gasteiger partial charge in [0.2, 0.25) is 15.9 Å². The number of thioether (sulfide) groups is 1. The first kappa shape index (κ1) is 19.2. The summed E-state index contributed by atoms with van der Waals surface area (Å²) in [6.45, 7) is 0.0501. The quantitative estimate of drug-likeness (QED) is 0.561. The molecule has 140 valence electrons. The lowest BCUT2D eigenvalue weighted by molar-refractivity contribution is -0.113. The Hall–Kier alpha value is -2.62.